The zero-order chi connectivity index (χ0) is 27.6. The Morgan fingerprint density at radius 2 is 1.77 bits per heavy atom. The Hall–Kier alpha value is -4.28. The van der Waals surface area contributed by atoms with Gasteiger partial charge in [-0.15, -0.1) is 0 Å². The van der Waals surface area contributed by atoms with Crippen LogP contribution in [-0.2, 0) is 9.47 Å². The molecule has 0 radical (unpaired) electrons. The first-order valence-electron chi connectivity index (χ1n) is 13.9. The minimum absolute atomic E-state index is 0.230. The van der Waals surface area contributed by atoms with Crippen molar-refractivity contribution in [3.63, 3.8) is 0 Å². The first-order chi connectivity index (χ1) is 19.6. The zero-order valence-electron chi connectivity index (χ0n) is 22.9. The number of ether oxygens (including phenoxy) is 3. The molecule has 2 aliphatic carbocycles. The summed E-state index contributed by atoms with van der Waals surface area (Å²) in [6.45, 7) is 0.979. The van der Waals surface area contributed by atoms with Gasteiger partial charge in [0.1, 0.15) is 24.5 Å². The predicted molar refractivity (Wildman–Crippen MR) is 155 cm³/mol. The summed E-state index contributed by atoms with van der Waals surface area (Å²) in [5, 5.41) is 11.1. The molecule has 1 heterocycles. The highest BCUT2D eigenvalue weighted by Crippen LogP contribution is 2.46. The monoisotopic (exact) mass is 535 g/mol. The van der Waals surface area contributed by atoms with Crippen LogP contribution in [0.3, 0.4) is 0 Å². The van der Waals surface area contributed by atoms with Crippen molar-refractivity contribution in [2.24, 2.45) is 5.92 Å². The van der Waals surface area contributed by atoms with Crippen LogP contribution in [0.1, 0.15) is 49.0 Å². The summed E-state index contributed by atoms with van der Waals surface area (Å²) in [6.07, 6.45) is 3.69. The van der Waals surface area contributed by atoms with Gasteiger partial charge in [-0.3, -0.25) is 4.90 Å². The molecule has 204 valence electrons. The molecule has 2 saturated carbocycles. The van der Waals surface area contributed by atoms with Crippen LogP contribution >= 0.6 is 0 Å². The minimum atomic E-state index is -0.376. The number of methoxy groups -OCH3 is 1. The maximum Gasteiger partial charge on any atom is 0.414 e. The number of hydrogen-bond acceptors (Lipinski definition) is 5. The Morgan fingerprint density at radius 1 is 1.02 bits per heavy atom. The Morgan fingerprint density at radius 3 is 2.42 bits per heavy atom. The van der Waals surface area contributed by atoms with Gasteiger partial charge in [0.05, 0.1) is 23.4 Å². The minimum Gasteiger partial charge on any atom is -0.491 e. The van der Waals surface area contributed by atoms with Crippen molar-refractivity contribution in [1.29, 1.82) is 5.26 Å². The second-order valence-corrected chi connectivity index (χ2v) is 10.6. The van der Waals surface area contributed by atoms with Crippen molar-refractivity contribution < 1.29 is 19.0 Å². The number of fused-ring (bicyclic) bond motifs is 1. The Bertz CT molecular complexity index is 1550. The van der Waals surface area contributed by atoms with E-state index in [0.29, 0.717) is 30.7 Å². The largest absolute Gasteiger partial charge is 0.491 e. The standard InChI is InChI=1S/C33H33N3O4/c1-35(33(37)40-32(24-8-9-24)23-6-4-3-5-7-23)25-12-10-22(11-13-25)31-29(21-34)28-17-16-27(39-19-18-38-2)20-30(28)36(31)26-14-15-26/h3-7,10-13,16-17,20,24,26,32H,8-9,14-15,18-19H2,1-2H3. The maximum absolute atomic E-state index is 13.1. The van der Waals surface area contributed by atoms with Crippen LogP contribution in [0.25, 0.3) is 22.2 Å². The normalized spacial score (nSPS) is 15.4. The van der Waals surface area contributed by atoms with E-state index in [2.05, 4.69) is 10.6 Å². The Kier molecular flexibility index (Phi) is 7.19. The number of anilines is 1. The lowest BCUT2D eigenvalue weighted by Crippen LogP contribution is -2.29. The molecule has 0 spiro atoms. The molecular formula is C33H33N3O4. The lowest BCUT2D eigenvalue weighted by Gasteiger charge is -2.23. The van der Waals surface area contributed by atoms with Gasteiger partial charge in [0.15, 0.2) is 0 Å². The molecule has 0 N–H and O–H groups in total. The third kappa shape index (κ3) is 5.15. The number of carbonyl (C=O) groups is 1. The van der Waals surface area contributed by atoms with Crippen LogP contribution < -0.4 is 9.64 Å². The fraction of sp³-hybridized carbons (Fsp3) is 0.333. The zero-order valence-corrected chi connectivity index (χ0v) is 22.9. The summed E-state index contributed by atoms with van der Waals surface area (Å²) in [5.41, 5.74) is 5.27. The molecule has 1 atom stereocenters. The topological polar surface area (TPSA) is 76.7 Å². The summed E-state index contributed by atoms with van der Waals surface area (Å²) in [5.74, 6) is 1.14. The van der Waals surface area contributed by atoms with E-state index >= 15 is 0 Å². The van der Waals surface area contributed by atoms with E-state index in [9.17, 15) is 10.1 Å². The van der Waals surface area contributed by atoms with Gasteiger partial charge in [-0.2, -0.15) is 5.26 Å². The first kappa shape index (κ1) is 26.0. The van der Waals surface area contributed by atoms with E-state index in [4.69, 9.17) is 14.2 Å². The van der Waals surface area contributed by atoms with Crippen LogP contribution in [0.4, 0.5) is 10.5 Å². The van der Waals surface area contributed by atoms with Crippen molar-refractivity contribution in [3.8, 4) is 23.1 Å². The van der Waals surface area contributed by atoms with Crippen molar-refractivity contribution in [1.82, 2.24) is 4.57 Å². The molecule has 1 aromatic heterocycles. The van der Waals surface area contributed by atoms with Crippen molar-refractivity contribution >= 4 is 22.7 Å². The van der Waals surface area contributed by atoms with Crippen LogP contribution in [-0.4, -0.2) is 38.0 Å². The molecule has 7 heteroatoms. The molecule has 7 nitrogen and oxygen atoms in total. The van der Waals surface area contributed by atoms with E-state index in [0.717, 1.165) is 64.8 Å². The number of hydrogen-bond donors (Lipinski definition) is 0. The molecule has 2 fully saturated rings. The quantitative estimate of drug-likeness (QED) is 0.200. The second-order valence-electron chi connectivity index (χ2n) is 10.6. The SMILES string of the molecule is COCCOc1ccc2c(C#N)c(-c3ccc(N(C)C(=O)OC(c4ccccc4)C4CC4)cc3)n(C3CC3)c2c1. The predicted octanol–water partition coefficient (Wildman–Crippen LogP) is 7.26. The molecule has 0 bridgehead atoms. The number of nitriles is 1. The molecule has 3 aromatic carbocycles. The first-order valence-corrected chi connectivity index (χ1v) is 13.9. The number of rotatable bonds is 10. The van der Waals surface area contributed by atoms with Gasteiger partial charge < -0.3 is 18.8 Å². The van der Waals surface area contributed by atoms with Gasteiger partial charge in [0.25, 0.3) is 0 Å². The highest BCUT2D eigenvalue weighted by atomic mass is 16.6. The van der Waals surface area contributed by atoms with Crippen LogP contribution in [0.2, 0.25) is 0 Å². The molecule has 0 saturated heterocycles. The van der Waals surface area contributed by atoms with Gasteiger partial charge in [-0.1, -0.05) is 42.5 Å². The average Bonchev–Trinajstić information content (AvgIpc) is 3.93. The second kappa shape index (κ2) is 11.1. The summed E-state index contributed by atoms with van der Waals surface area (Å²) in [7, 11) is 3.39. The third-order valence-corrected chi connectivity index (χ3v) is 7.76. The van der Waals surface area contributed by atoms with Gasteiger partial charge in [-0.05, 0) is 61.1 Å². The van der Waals surface area contributed by atoms with Crippen molar-refractivity contribution in [2.45, 2.75) is 37.8 Å². The Labute approximate surface area is 234 Å². The average molecular weight is 536 g/mol. The summed E-state index contributed by atoms with van der Waals surface area (Å²) in [6, 6.07) is 26.5. The van der Waals surface area contributed by atoms with Gasteiger partial charge >= 0.3 is 6.09 Å². The highest BCUT2D eigenvalue weighted by Gasteiger charge is 2.36. The van der Waals surface area contributed by atoms with Crippen molar-refractivity contribution in [2.75, 3.05) is 32.3 Å². The van der Waals surface area contributed by atoms with Gasteiger partial charge in [0.2, 0.25) is 0 Å². The molecule has 4 aromatic rings. The lowest BCUT2D eigenvalue weighted by molar-refractivity contribution is 0.0922. The van der Waals surface area contributed by atoms with E-state index in [1.165, 1.54) is 0 Å². The third-order valence-electron chi connectivity index (χ3n) is 7.76. The van der Waals surface area contributed by atoms with E-state index in [1.54, 1.807) is 19.1 Å². The molecule has 1 amide bonds. The van der Waals surface area contributed by atoms with Crippen LogP contribution in [0, 0.1) is 17.2 Å². The highest BCUT2D eigenvalue weighted by molar-refractivity contribution is 5.96. The maximum atomic E-state index is 13.1. The van der Waals surface area contributed by atoms with Crippen LogP contribution in [0.15, 0.2) is 72.8 Å². The number of carbonyl (C=O) groups excluding carboxylic acids is 1. The van der Waals surface area contributed by atoms with E-state index < -0.39 is 0 Å². The summed E-state index contributed by atoms with van der Waals surface area (Å²) in [4.78, 5) is 14.7. The molecular weight excluding hydrogens is 502 g/mol. The summed E-state index contributed by atoms with van der Waals surface area (Å²) >= 11 is 0. The molecule has 40 heavy (non-hydrogen) atoms. The lowest BCUT2D eigenvalue weighted by atomic mass is 10.1. The molecule has 0 aliphatic heterocycles. The Balaban J connectivity index is 1.27. The number of nitrogens with zero attached hydrogens (tertiary/aromatic N) is 3. The number of benzene rings is 3. The van der Waals surface area contributed by atoms with Gasteiger partial charge in [0, 0.05) is 43.3 Å². The molecule has 6 rings (SSSR count). The van der Waals surface area contributed by atoms with E-state index in [1.807, 2.05) is 72.8 Å². The number of aromatic nitrogens is 1. The van der Waals surface area contributed by atoms with E-state index in [-0.39, 0.29) is 12.2 Å². The molecule has 2 aliphatic rings. The smallest absolute Gasteiger partial charge is 0.414 e. The molecule has 1 unspecified atom stereocenters. The number of amides is 1. The fourth-order valence-electron chi connectivity index (χ4n) is 5.35. The fourth-order valence-corrected chi connectivity index (χ4v) is 5.35. The van der Waals surface area contributed by atoms with Crippen LogP contribution in [0.5, 0.6) is 5.75 Å². The van der Waals surface area contributed by atoms with Gasteiger partial charge in [-0.25, -0.2) is 4.79 Å². The summed E-state index contributed by atoms with van der Waals surface area (Å²) < 4.78 is 19.3. The van der Waals surface area contributed by atoms with Crippen molar-refractivity contribution in [3.05, 3.63) is 83.9 Å².